The summed E-state index contributed by atoms with van der Waals surface area (Å²) in [7, 11) is 1.56. The normalized spacial score (nSPS) is 10.4. The number of rotatable bonds is 5. The molecule has 0 atom stereocenters. The first-order valence-corrected chi connectivity index (χ1v) is 6.91. The van der Waals surface area contributed by atoms with Gasteiger partial charge >= 0.3 is 0 Å². The summed E-state index contributed by atoms with van der Waals surface area (Å²) in [6.45, 7) is 1.96. The van der Waals surface area contributed by atoms with Gasteiger partial charge in [0.2, 0.25) is 0 Å². The van der Waals surface area contributed by atoms with Crippen LogP contribution < -0.4 is 5.32 Å². The Morgan fingerprint density at radius 2 is 1.95 bits per heavy atom. The van der Waals surface area contributed by atoms with Crippen LogP contribution in [0.3, 0.4) is 0 Å². The van der Waals surface area contributed by atoms with E-state index in [-0.39, 0.29) is 12.5 Å². The third-order valence-electron chi connectivity index (χ3n) is 3.23. The first-order chi connectivity index (χ1) is 10.2. The van der Waals surface area contributed by atoms with Crippen LogP contribution in [0.1, 0.15) is 39.8 Å². The molecule has 0 aliphatic rings. The van der Waals surface area contributed by atoms with E-state index in [1.165, 1.54) is 0 Å². The molecule has 0 saturated carbocycles. The van der Waals surface area contributed by atoms with Crippen molar-refractivity contribution in [2.24, 2.45) is 0 Å². The number of pyridine rings is 2. The molecule has 0 spiro atoms. The Hall–Kier alpha value is -2.27. The van der Waals surface area contributed by atoms with E-state index >= 15 is 0 Å². The zero-order chi connectivity index (χ0) is 15.2. The number of nitrogens with one attached hydrogen (secondary N) is 1. The highest BCUT2D eigenvalue weighted by molar-refractivity contribution is 5.92. The van der Waals surface area contributed by atoms with Gasteiger partial charge in [0, 0.05) is 31.6 Å². The van der Waals surface area contributed by atoms with Crippen molar-refractivity contribution in [2.75, 3.05) is 7.05 Å². The third kappa shape index (κ3) is 3.86. The van der Waals surface area contributed by atoms with Gasteiger partial charge in [-0.2, -0.15) is 0 Å². The number of aromatic nitrogens is 2. The maximum absolute atomic E-state index is 11.7. The largest absolute Gasteiger partial charge is 0.392 e. The van der Waals surface area contributed by atoms with Crippen LogP contribution in [0.2, 0.25) is 0 Å². The number of amides is 1. The first-order valence-electron chi connectivity index (χ1n) is 6.91. The second kappa shape index (κ2) is 6.95. The van der Waals surface area contributed by atoms with Gasteiger partial charge < -0.3 is 10.4 Å². The van der Waals surface area contributed by atoms with Crippen LogP contribution in [0, 0.1) is 0 Å². The molecule has 0 unspecified atom stereocenters. The summed E-state index contributed by atoms with van der Waals surface area (Å²) < 4.78 is 0. The summed E-state index contributed by atoms with van der Waals surface area (Å²) in [4.78, 5) is 20.3. The lowest BCUT2D eigenvalue weighted by Gasteiger charge is -2.08. The van der Waals surface area contributed by atoms with Crippen molar-refractivity contribution in [3.05, 3.63) is 58.7 Å². The van der Waals surface area contributed by atoms with Gasteiger partial charge in [0.15, 0.2) is 0 Å². The zero-order valence-electron chi connectivity index (χ0n) is 12.3. The van der Waals surface area contributed by atoms with Crippen molar-refractivity contribution >= 4 is 5.91 Å². The quantitative estimate of drug-likeness (QED) is 0.872. The molecular formula is C16H19N3O2. The fourth-order valence-electron chi connectivity index (χ4n) is 2.12. The topological polar surface area (TPSA) is 75.1 Å². The molecule has 0 fully saturated rings. The minimum atomic E-state index is -0.257. The van der Waals surface area contributed by atoms with Crippen LogP contribution >= 0.6 is 0 Å². The summed E-state index contributed by atoms with van der Waals surface area (Å²) >= 11 is 0. The highest BCUT2D eigenvalue weighted by Crippen LogP contribution is 2.12. The molecule has 2 heterocycles. The molecule has 2 N–H and O–H groups in total. The maximum Gasteiger partial charge on any atom is 0.269 e. The van der Waals surface area contributed by atoms with Gasteiger partial charge in [-0.15, -0.1) is 0 Å². The van der Waals surface area contributed by atoms with E-state index in [0.29, 0.717) is 17.7 Å². The number of hydrogen-bond donors (Lipinski definition) is 2. The number of hydrogen-bond acceptors (Lipinski definition) is 4. The van der Waals surface area contributed by atoms with E-state index in [1.54, 1.807) is 19.3 Å². The van der Waals surface area contributed by atoms with Crippen LogP contribution in [0.4, 0.5) is 0 Å². The Bertz CT molecular complexity index is 641. The molecule has 0 aromatic carbocycles. The predicted octanol–water partition coefficient (Wildman–Crippen LogP) is 1.48. The SMILES string of the molecule is CCc1cncc(Cc2cc(CO)cc(C(=O)NC)n2)c1. The van der Waals surface area contributed by atoms with Crippen LogP contribution in [-0.2, 0) is 19.4 Å². The second-order valence-corrected chi connectivity index (χ2v) is 4.82. The summed E-state index contributed by atoms with van der Waals surface area (Å²) in [5.41, 5.74) is 3.95. The summed E-state index contributed by atoms with van der Waals surface area (Å²) in [5, 5.41) is 11.9. The van der Waals surface area contributed by atoms with E-state index < -0.39 is 0 Å². The van der Waals surface area contributed by atoms with E-state index in [0.717, 1.165) is 23.2 Å². The van der Waals surface area contributed by atoms with Crippen LogP contribution in [-0.4, -0.2) is 28.0 Å². The van der Waals surface area contributed by atoms with Crippen LogP contribution in [0.15, 0.2) is 30.6 Å². The Morgan fingerprint density at radius 3 is 2.62 bits per heavy atom. The third-order valence-corrected chi connectivity index (χ3v) is 3.23. The number of aliphatic hydroxyl groups excluding tert-OH is 1. The molecule has 110 valence electrons. The van der Waals surface area contributed by atoms with Gasteiger partial charge in [-0.25, -0.2) is 4.98 Å². The average molecular weight is 285 g/mol. The fraction of sp³-hybridized carbons (Fsp3) is 0.312. The van der Waals surface area contributed by atoms with Gasteiger partial charge in [0.05, 0.1) is 6.61 Å². The maximum atomic E-state index is 11.7. The Balaban J connectivity index is 2.32. The van der Waals surface area contributed by atoms with Crippen molar-refractivity contribution in [2.45, 2.75) is 26.4 Å². The minimum Gasteiger partial charge on any atom is -0.392 e. The molecule has 5 nitrogen and oxygen atoms in total. The van der Waals surface area contributed by atoms with Gasteiger partial charge in [0.1, 0.15) is 5.69 Å². The number of carbonyl (C=O) groups excluding carboxylic acids is 1. The lowest BCUT2D eigenvalue weighted by atomic mass is 10.1. The van der Waals surface area contributed by atoms with Crippen molar-refractivity contribution < 1.29 is 9.90 Å². The highest BCUT2D eigenvalue weighted by atomic mass is 16.3. The lowest BCUT2D eigenvalue weighted by molar-refractivity contribution is 0.0957. The summed E-state index contributed by atoms with van der Waals surface area (Å²) in [6, 6.07) is 5.49. The van der Waals surface area contributed by atoms with Crippen molar-refractivity contribution in [3.8, 4) is 0 Å². The molecule has 2 aromatic heterocycles. The molecule has 0 radical (unpaired) electrons. The van der Waals surface area contributed by atoms with E-state index in [1.807, 2.05) is 12.3 Å². The van der Waals surface area contributed by atoms with Gasteiger partial charge in [-0.1, -0.05) is 13.0 Å². The van der Waals surface area contributed by atoms with E-state index in [2.05, 4.69) is 28.3 Å². The van der Waals surface area contributed by atoms with Gasteiger partial charge in [0.25, 0.3) is 5.91 Å². The standard InChI is InChI=1S/C16H19N3O2/c1-3-11-4-12(9-18-8-11)5-14-6-13(10-20)7-15(19-14)16(21)17-2/h4,6-9,20H,3,5,10H2,1-2H3,(H,17,21). The molecule has 0 aliphatic heterocycles. The zero-order valence-corrected chi connectivity index (χ0v) is 12.3. The second-order valence-electron chi connectivity index (χ2n) is 4.82. The first kappa shape index (κ1) is 15.1. The molecule has 0 saturated heterocycles. The van der Waals surface area contributed by atoms with Crippen molar-refractivity contribution in [1.82, 2.24) is 15.3 Å². The van der Waals surface area contributed by atoms with Crippen molar-refractivity contribution in [3.63, 3.8) is 0 Å². The summed E-state index contributed by atoms with van der Waals surface area (Å²) in [6.07, 6.45) is 5.15. The molecule has 2 aromatic rings. The highest BCUT2D eigenvalue weighted by Gasteiger charge is 2.09. The minimum absolute atomic E-state index is 0.118. The molecule has 0 bridgehead atoms. The lowest BCUT2D eigenvalue weighted by Crippen LogP contribution is -2.20. The van der Waals surface area contributed by atoms with Gasteiger partial charge in [-0.3, -0.25) is 9.78 Å². The molecular weight excluding hydrogens is 266 g/mol. The van der Waals surface area contributed by atoms with E-state index in [4.69, 9.17) is 0 Å². The number of nitrogens with zero attached hydrogens (tertiary/aromatic N) is 2. The molecule has 2 rings (SSSR count). The monoisotopic (exact) mass is 285 g/mol. The smallest absolute Gasteiger partial charge is 0.269 e. The molecule has 5 heteroatoms. The van der Waals surface area contributed by atoms with Crippen molar-refractivity contribution in [1.29, 1.82) is 0 Å². The molecule has 0 aliphatic carbocycles. The van der Waals surface area contributed by atoms with E-state index in [9.17, 15) is 9.90 Å². The summed E-state index contributed by atoms with van der Waals surface area (Å²) in [5.74, 6) is -0.257. The Labute approximate surface area is 124 Å². The van der Waals surface area contributed by atoms with Crippen LogP contribution in [0.5, 0.6) is 0 Å². The Kier molecular flexibility index (Phi) is 5.00. The molecule has 1 amide bonds. The molecule has 21 heavy (non-hydrogen) atoms. The number of aryl methyl sites for hydroxylation is 1. The van der Waals surface area contributed by atoms with Gasteiger partial charge in [-0.05, 0) is 35.2 Å². The number of aliphatic hydroxyl groups is 1. The average Bonchev–Trinajstić information content (AvgIpc) is 2.53. The number of carbonyl (C=O) groups is 1. The Morgan fingerprint density at radius 1 is 1.19 bits per heavy atom. The predicted molar refractivity (Wildman–Crippen MR) is 80.0 cm³/mol. The van der Waals surface area contributed by atoms with Crippen LogP contribution in [0.25, 0.3) is 0 Å². The fourth-order valence-corrected chi connectivity index (χ4v) is 2.12.